The number of aromatic nitrogens is 1. The predicted molar refractivity (Wildman–Crippen MR) is 81.7 cm³/mol. The number of nitrogens with zero attached hydrogens (tertiary/aromatic N) is 2. The zero-order valence-corrected chi connectivity index (χ0v) is 12.0. The maximum atomic E-state index is 14.2. The van der Waals surface area contributed by atoms with E-state index in [2.05, 4.69) is 4.98 Å². The summed E-state index contributed by atoms with van der Waals surface area (Å²) in [6.45, 7) is 1.30. The van der Waals surface area contributed by atoms with Crippen LogP contribution in [-0.4, -0.2) is 29.3 Å². The lowest BCUT2D eigenvalue weighted by atomic mass is 10.1. The Balaban J connectivity index is 1.98. The monoisotopic (exact) mass is 286 g/mol. The second-order valence-corrected chi connectivity index (χ2v) is 5.04. The highest BCUT2D eigenvalue weighted by molar-refractivity contribution is 5.95. The zero-order valence-electron chi connectivity index (χ0n) is 12.0. The van der Waals surface area contributed by atoms with E-state index in [1.165, 1.54) is 11.6 Å². The summed E-state index contributed by atoms with van der Waals surface area (Å²) >= 11 is 0. The van der Waals surface area contributed by atoms with Crippen LogP contribution in [0.1, 0.15) is 16.7 Å². The Labute approximate surface area is 123 Å². The molecule has 5 heteroatoms. The maximum absolute atomic E-state index is 14.2. The number of hydrogen-bond donors (Lipinski definition) is 2. The molecule has 3 N–H and O–H groups in total. The first kappa shape index (κ1) is 15.1. The molecule has 0 aliphatic heterocycles. The molecule has 0 unspecified atom stereocenters. The number of hydrogen-bond acceptors (Lipinski definition) is 3. The van der Waals surface area contributed by atoms with Gasteiger partial charge in [-0.25, -0.2) is 4.39 Å². The topological polar surface area (TPSA) is 66.0 Å². The van der Waals surface area contributed by atoms with E-state index in [-0.39, 0.29) is 11.4 Å². The zero-order chi connectivity index (χ0) is 15.2. The van der Waals surface area contributed by atoms with Gasteiger partial charge in [0.15, 0.2) is 0 Å². The number of benzene rings is 1. The van der Waals surface area contributed by atoms with Crippen molar-refractivity contribution in [1.82, 2.24) is 9.88 Å². The Morgan fingerprint density at radius 3 is 2.67 bits per heavy atom. The molecule has 0 spiro atoms. The number of halogens is 1. The fraction of sp³-hybridized carbons (Fsp3) is 0.250. The van der Waals surface area contributed by atoms with Crippen LogP contribution < -0.4 is 5.73 Å². The van der Waals surface area contributed by atoms with Gasteiger partial charge in [0.25, 0.3) is 0 Å². The number of nitrogens with two attached hydrogens (primary N) is 1. The normalized spacial score (nSPS) is 10.8. The van der Waals surface area contributed by atoms with Crippen molar-refractivity contribution < 1.29 is 4.39 Å². The average Bonchev–Trinajstić information content (AvgIpc) is 2.48. The Bertz CT molecular complexity index is 613. The summed E-state index contributed by atoms with van der Waals surface area (Å²) < 4.78 is 14.2. The Morgan fingerprint density at radius 1 is 1.29 bits per heavy atom. The van der Waals surface area contributed by atoms with Gasteiger partial charge in [0.1, 0.15) is 11.7 Å². The molecule has 4 nitrogen and oxygen atoms in total. The van der Waals surface area contributed by atoms with E-state index in [0.717, 1.165) is 13.0 Å². The van der Waals surface area contributed by atoms with E-state index < -0.39 is 5.82 Å². The molecule has 0 amide bonds. The molecular weight excluding hydrogens is 267 g/mol. The molecule has 110 valence electrons. The molecule has 2 rings (SSSR count). The van der Waals surface area contributed by atoms with Crippen LogP contribution in [0, 0.1) is 11.2 Å². The summed E-state index contributed by atoms with van der Waals surface area (Å²) in [7, 11) is 1.95. The molecule has 2 aromatic rings. The minimum atomic E-state index is -0.402. The fourth-order valence-electron chi connectivity index (χ4n) is 2.15. The van der Waals surface area contributed by atoms with Gasteiger partial charge in [0, 0.05) is 31.0 Å². The highest BCUT2D eigenvalue weighted by atomic mass is 19.1. The molecule has 0 saturated heterocycles. The summed E-state index contributed by atoms with van der Waals surface area (Å²) in [6.07, 6.45) is 4.42. The SMILES string of the molecule is CN(CCc1ccncc1)Cc1cccc(C(=N)N)c1F. The van der Waals surface area contributed by atoms with E-state index in [1.807, 2.05) is 24.1 Å². The highest BCUT2D eigenvalue weighted by Gasteiger charge is 2.11. The van der Waals surface area contributed by atoms with Gasteiger partial charge in [0.05, 0.1) is 5.56 Å². The smallest absolute Gasteiger partial charge is 0.138 e. The molecule has 0 bridgehead atoms. The van der Waals surface area contributed by atoms with Crippen molar-refractivity contribution in [3.8, 4) is 0 Å². The van der Waals surface area contributed by atoms with Crippen molar-refractivity contribution in [2.24, 2.45) is 5.73 Å². The summed E-state index contributed by atoms with van der Waals surface area (Å²) in [6, 6.07) is 8.93. The Kier molecular flexibility index (Phi) is 5.00. The van der Waals surface area contributed by atoms with E-state index in [9.17, 15) is 4.39 Å². The van der Waals surface area contributed by atoms with Crippen LogP contribution in [0.2, 0.25) is 0 Å². The maximum Gasteiger partial charge on any atom is 0.138 e. The molecule has 1 aromatic carbocycles. The van der Waals surface area contributed by atoms with Crippen molar-refractivity contribution in [3.05, 3.63) is 65.2 Å². The molecule has 0 fully saturated rings. The average molecular weight is 286 g/mol. The molecule has 21 heavy (non-hydrogen) atoms. The van der Waals surface area contributed by atoms with Gasteiger partial charge in [-0.2, -0.15) is 0 Å². The second-order valence-electron chi connectivity index (χ2n) is 5.04. The van der Waals surface area contributed by atoms with Crippen molar-refractivity contribution in [1.29, 1.82) is 5.41 Å². The minimum absolute atomic E-state index is 0.162. The number of amidine groups is 1. The highest BCUT2D eigenvalue weighted by Crippen LogP contribution is 2.14. The van der Waals surface area contributed by atoms with Gasteiger partial charge in [0.2, 0.25) is 0 Å². The standard InChI is InChI=1S/C16H19FN4/c1-21(10-7-12-5-8-20-9-6-12)11-13-3-2-4-14(15(13)17)16(18)19/h2-6,8-9H,7,10-11H2,1H3,(H3,18,19). The van der Waals surface area contributed by atoms with Crippen molar-refractivity contribution >= 4 is 5.84 Å². The van der Waals surface area contributed by atoms with Crippen LogP contribution in [0.4, 0.5) is 4.39 Å². The predicted octanol–water partition coefficient (Wildman–Crippen LogP) is 2.18. The van der Waals surface area contributed by atoms with Gasteiger partial charge in [-0.05, 0) is 37.2 Å². The third-order valence-corrected chi connectivity index (χ3v) is 3.34. The summed E-state index contributed by atoms with van der Waals surface area (Å²) in [4.78, 5) is 6.03. The van der Waals surface area contributed by atoms with Crippen molar-refractivity contribution in [2.45, 2.75) is 13.0 Å². The first-order valence-electron chi connectivity index (χ1n) is 6.77. The quantitative estimate of drug-likeness (QED) is 0.632. The molecule has 0 aliphatic rings. The first-order valence-corrected chi connectivity index (χ1v) is 6.77. The van der Waals surface area contributed by atoms with Crippen molar-refractivity contribution in [2.75, 3.05) is 13.6 Å². The fourth-order valence-corrected chi connectivity index (χ4v) is 2.15. The number of rotatable bonds is 6. The third kappa shape index (κ3) is 4.10. The number of nitrogens with one attached hydrogen (secondary N) is 1. The lowest BCUT2D eigenvalue weighted by molar-refractivity contribution is 0.325. The summed E-state index contributed by atoms with van der Waals surface area (Å²) in [5, 5.41) is 7.37. The lowest BCUT2D eigenvalue weighted by Crippen LogP contribution is -2.22. The van der Waals surface area contributed by atoms with Gasteiger partial charge >= 0.3 is 0 Å². The summed E-state index contributed by atoms with van der Waals surface area (Å²) in [5.74, 6) is -0.644. The molecule has 1 heterocycles. The van der Waals surface area contributed by atoms with Gasteiger partial charge in [-0.15, -0.1) is 0 Å². The molecule has 0 aliphatic carbocycles. The van der Waals surface area contributed by atoms with Crippen LogP contribution in [0.3, 0.4) is 0 Å². The number of pyridine rings is 1. The van der Waals surface area contributed by atoms with Crippen LogP contribution in [0.5, 0.6) is 0 Å². The van der Waals surface area contributed by atoms with Gasteiger partial charge in [-0.1, -0.05) is 12.1 Å². The molecule has 0 radical (unpaired) electrons. The van der Waals surface area contributed by atoms with Crippen LogP contribution in [0.25, 0.3) is 0 Å². The van der Waals surface area contributed by atoms with Crippen molar-refractivity contribution in [3.63, 3.8) is 0 Å². The molecule has 0 atom stereocenters. The number of nitrogen functional groups attached to an aromatic ring is 1. The van der Waals surface area contributed by atoms with Crippen LogP contribution in [0.15, 0.2) is 42.7 Å². The van der Waals surface area contributed by atoms with E-state index in [1.54, 1.807) is 24.5 Å². The van der Waals surface area contributed by atoms with Gasteiger partial charge < -0.3 is 10.6 Å². The van der Waals surface area contributed by atoms with E-state index in [0.29, 0.717) is 12.1 Å². The lowest BCUT2D eigenvalue weighted by Gasteiger charge is -2.17. The third-order valence-electron chi connectivity index (χ3n) is 3.34. The minimum Gasteiger partial charge on any atom is -0.384 e. The summed E-state index contributed by atoms with van der Waals surface area (Å²) in [5.41, 5.74) is 7.29. The number of likely N-dealkylation sites (N-methyl/N-ethyl adjacent to an activating group) is 1. The molecule has 1 aromatic heterocycles. The first-order chi connectivity index (χ1) is 10.1. The van der Waals surface area contributed by atoms with E-state index >= 15 is 0 Å². The second kappa shape index (κ2) is 6.95. The molecule has 0 saturated carbocycles. The van der Waals surface area contributed by atoms with E-state index in [4.69, 9.17) is 11.1 Å². The van der Waals surface area contributed by atoms with Crippen LogP contribution in [-0.2, 0) is 13.0 Å². The molecular formula is C16H19FN4. The van der Waals surface area contributed by atoms with Gasteiger partial charge in [-0.3, -0.25) is 10.4 Å². The Hall–Kier alpha value is -2.27. The van der Waals surface area contributed by atoms with Crippen LogP contribution >= 0.6 is 0 Å². The largest absolute Gasteiger partial charge is 0.384 e. The Morgan fingerprint density at radius 2 is 2.00 bits per heavy atom.